The van der Waals surface area contributed by atoms with Crippen LogP contribution < -0.4 is 9.47 Å². The lowest BCUT2D eigenvalue weighted by Crippen LogP contribution is -2.01. The molecule has 3 nitrogen and oxygen atoms in total. The lowest BCUT2D eigenvalue weighted by molar-refractivity contribution is 0.104. The molecule has 0 saturated heterocycles. The molecule has 2 aromatic rings. The molecule has 0 heterocycles. The highest BCUT2D eigenvalue weighted by Gasteiger charge is 2.24. The van der Waals surface area contributed by atoms with Crippen molar-refractivity contribution >= 4 is 11.9 Å². The van der Waals surface area contributed by atoms with Crippen molar-refractivity contribution in [3.8, 4) is 11.5 Å². The molecule has 2 aromatic carbocycles. The lowest BCUT2D eigenvalue weighted by atomic mass is 10.1. The van der Waals surface area contributed by atoms with Gasteiger partial charge in [0.05, 0.1) is 13.2 Å². The number of Topliss-reactive ketones (excluding diaryl/α,β-unsaturated/α-hetero) is 1. The van der Waals surface area contributed by atoms with E-state index in [9.17, 15) is 4.79 Å². The number of fused-ring (bicyclic) bond motifs is 1. The summed E-state index contributed by atoms with van der Waals surface area (Å²) < 4.78 is 11.5. The van der Waals surface area contributed by atoms with Crippen LogP contribution in [0.25, 0.3) is 6.08 Å². The molecule has 0 aliphatic heterocycles. The third-order valence-electron chi connectivity index (χ3n) is 4.30. The Morgan fingerprint density at radius 3 is 2.64 bits per heavy atom. The van der Waals surface area contributed by atoms with Crippen molar-refractivity contribution in [2.75, 3.05) is 13.2 Å². The summed E-state index contributed by atoms with van der Waals surface area (Å²) >= 11 is 0. The predicted octanol–water partition coefficient (Wildman–Crippen LogP) is 5.09. The molecule has 1 aliphatic carbocycles. The van der Waals surface area contributed by atoms with Gasteiger partial charge in [-0.15, -0.1) is 0 Å². The van der Waals surface area contributed by atoms with Gasteiger partial charge < -0.3 is 9.47 Å². The van der Waals surface area contributed by atoms with E-state index >= 15 is 0 Å². The maximum Gasteiger partial charge on any atom is 0.189 e. The fourth-order valence-corrected chi connectivity index (χ4v) is 3.00. The lowest BCUT2D eigenvalue weighted by Gasteiger charge is -2.12. The van der Waals surface area contributed by atoms with Gasteiger partial charge in [-0.25, -0.2) is 0 Å². The van der Waals surface area contributed by atoms with E-state index in [1.807, 2.05) is 55.5 Å². The molecule has 25 heavy (non-hydrogen) atoms. The summed E-state index contributed by atoms with van der Waals surface area (Å²) in [6.07, 6.45) is 4.76. The molecule has 130 valence electrons. The van der Waals surface area contributed by atoms with Crippen LogP contribution in [0.5, 0.6) is 11.5 Å². The van der Waals surface area contributed by atoms with E-state index in [4.69, 9.17) is 9.47 Å². The highest BCUT2D eigenvalue weighted by molar-refractivity contribution is 6.15. The van der Waals surface area contributed by atoms with Gasteiger partial charge in [-0.3, -0.25) is 4.79 Å². The molecule has 0 amide bonds. The van der Waals surface area contributed by atoms with Crippen LogP contribution in [0.1, 0.15) is 48.2 Å². The topological polar surface area (TPSA) is 35.5 Å². The average molecular weight is 336 g/mol. The molecule has 0 radical (unpaired) electrons. The van der Waals surface area contributed by atoms with E-state index < -0.39 is 0 Å². The minimum absolute atomic E-state index is 0.122. The largest absolute Gasteiger partial charge is 0.490 e. The Balaban J connectivity index is 1.83. The Morgan fingerprint density at radius 2 is 1.88 bits per heavy atom. The van der Waals surface area contributed by atoms with Crippen LogP contribution in [0.15, 0.2) is 48.0 Å². The SMILES string of the molecule is CCCCOc1ccc(/C=C2\Cc3ccccc3C2=O)cc1OCC. The van der Waals surface area contributed by atoms with Crippen LogP contribution in [0.3, 0.4) is 0 Å². The molecule has 0 fully saturated rings. The maximum absolute atomic E-state index is 12.5. The fraction of sp³-hybridized carbons (Fsp3) is 0.318. The summed E-state index contributed by atoms with van der Waals surface area (Å²) in [6, 6.07) is 13.7. The number of benzene rings is 2. The van der Waals surface area contributed by atoms with Gasteiger partial charge in [0.2, 0.25) is 0 Å². The zero-order chi connectivity index (χ0) is 17.6. The number of unbranched alkanes of at least 4 members (excludes halogenated alkanes) is 1. The fourth-order valence-electron chi connectivity index (χ4n) is 3.00. The van der Waals surface area contributed by atoms with Gasteiger partial charge >= 0.3 is 0 Å². The first-order valence-electron chi connectivity index (χ1n) is 8.95. The number of carbonyl (C=O) groups is 1. The number of ether oxygens (including phenoxy) is 2. The molecular formula is C22H24O3. The number of ketones is 1. The zero-order valence-corrected chi connectivity index (χ0v) is 14.9. The average Bonchev–Trinajstić information content (AvgIpc) is 2.93. The van der Waals surface area contributed by atoms with Crippen molar-refractivity contribution in [1.82, 2.24) is 0 Å². The van der Waals surface area contributed by atoms with Crippen molar-refractivity contribution in [2.24, 2.45) is 0 Å². The summed E-state index contributed by atoms with van der Waals surface area (Å²) in [5.74, 6) is 1.62. The van der Waals surface area contributed by atoms with E-state index in [-0.39, 0.29) is 5.78 Å². The number of carbonyl (C=O) groups excluding carboxylic acids is 1. The second-order valence-corrected chi connectivity index (χ2v) is 6.17. The monoisotopic (exact) mass is 336 g/mol. The molecular weight excluding hydrogens is 312 g/mol. The van der Waals surface area contributed by atoms with Gasteiger partial charge in [-0.05, 0) is 42.7 Å². The number of hydrogen-bond donors (Lipinski definition) is 0. The van der Waals surface area contributed by atoms with Crippen molar-refractivity contribution in [1.29, 1.82) is 0 Å². The Hall–Kier alpha value is -2.55. The molecule has 0 N–H and O–H groups in total. The molecule has 3 rings (SSSR count). The van der Waals surface area contributed by atoms with Crippen molar-refractivity contribution in [2.45, 2.75) is 33.1 Å². The van der Waals surface area contributed by atoms with Crippen molar-refractivity contribution < 1.29 is 14.3 Å². The highest BCUT2D eigenvalue weighted by atomic mass is 16.5. The minimum atomic E-state index is 0.122. The number of rotatable bonds is 7. The molecule has 0 aromatic heterocycles. The Bertz CT molecular complexity index is 790. The Kier molecular flexibility index (Phi) is 5.54. The van der Waals surface area contributed by atoms with Crippen LogP contribution in [-0.2, 0) is 6.42 Å². The van der Waals surface area contributed by atoms with Gasteiger partial charge in [0.1, 0.15) is 0 Å². The second kappa shape index (κ2) is 8.02. The summed E-state index contributed by atoms with van der Waals surface area (Å²) in [6.45, 7) is 5.36. The smallest absolute Gasteiger partial charge is 0.189 e. The minimum Gasteiger partial charge on any atom is -0.490 e. The first-order valence-corrected chi connectivity index (χ1v) is 8.95. The van der Waals surface area contributed by atoms with E-state index in [0.717, 1.165) is 46.6 Å². The molecule has 3 heteroatoms. The quantitative estimate of drug-likeness (QED) is 0.522. The Labute approximate surface area is 149 Å². The van der Waals surface area contributed by atoms with Gasteiger partial charge in [0.25, 0.3) is 0 Å². The van der Waals surface area contributed by atoms with Gasteiger partial charge in [0, 0.05) is 17.6 Å². The van der Waals surface area contributed by atoms with Gasteiger partial charge in [0.15, 0.2) is 17.3 Å². The Morgan fingerprint density at radius 1 is 1.04 bits per heavy atom. The standard InChI is InChI=1S/C22H24O3/c1-3-5-12-25-20-11-10-16(14-21(20)24-4-2)13-18-15-17-8-6-7-9-19(17)22(18)23/h6-11,13-14H,3-5,12,15H2,1-2H3/b18-13+. The predicted molar refractivity (Wildman–Crippen MR) is 100 cm³/mol. The molecule has 0 saturated carbocycles. The summed E-state index contributed by atoms with van der Waals surface area (Å²) in [5.41, 5.74) is 3.70. The van der Waals surface area contributed by atoms with Crippen LogP contribution in [0.4, 0.5) is 0 Å². The number of hydrogen-bond acceptors (Lipinski definition) is 3. The summed E-state index contributed by atoms with van der Waals surface area (Å²) in [7, 11) is 0. The van der Waals surface area contributed by atoms with E-state index in [1.54, 1.807) is 0 Å². The van der Waals surface area contributed by atoms with Crippen molar-refractivity contribution in [3.05, 3.63) is 64.7 Å². The summed E-state index contributed by atoms with van der Waals surface area (Å²) in [4.78, 5) is 12.5. The molecule has 1 aliphatic rings. The molecule has 0 spiro atoms. The van der Waals surface area contributed by atoms with E-state index in [0.29, 0.717) is 19.6 Å². The highest BCUT2D eigenvalue weighted by Crippen LogP contribution is 2.32. The van der Waals surface area contributed by atoms with Crippen LogP contribution in [0, 0.1) is 0 Å². The number of allylic oxidation sites excluding steroid dienone is 1. The first kappa shape index (κ1) is 17.3. The van der Waals surface area contributed by atoms with E-state index in [2.05, 4.69) is 6.92 Å². The molecule has 0 bridgehead atoms. The third kappa shape index (κ3) is 3.93. The van der Waals surface area contributed by atoms with Gasteiger partial charge in [-0.1, -0.05) is 43.7 Å². The zero-order valence-electron chi connectivity index (χ0n) is 14.9. The van der Waals surface area contributed by atoms with Crippen LogP contribution in [0.2, 0.25) is 0 Å². The first-order chi connectivity index (χ1) is 12.2. The second-order valence-electron chi connectivity index (χ2n) is 6.17. The van der Waals surface area contributed by atoms with E-state index in [1.165, 1.54) is 0 Å². The van der Waals surface area contributed by atoms with Gasteiger partial charge in [-0.2, -0.15) is 0 Å². The van der Waals surface area contributed by atoms with Crippen molar-refractivity contribution in [3.63, 3.8) is 0 Å². The molecule has 0 atom stereocenters. The molecule has 0 unspecified atom stereocenters. The summed E-state index contributed by atoms with van der Waals surface area (Å²) in [5, 5.41) is 0. The normalized spacial score (nSPS) is 14.6. The van der Waals surface area contributed by atoms with Crippen LogP contribution >= 0.6 is 0 Å². The van der Waals surface area contributed by atoms with Crippen LogP contribution in [-0.4, -0.2) is 19.0 Å². The third-order valence-corrected chi connectivity index (χ3v) is 4.30. The maximum atomic E-state index is 12.5.